The second kappa shape index (κ2) is 10.4. The number of hydrogen-bond acceptors (Lipinski definition) is 8. The minimum absolute atomic E-state index is 0.000189. The van der Waals surface area contributed by atoms with E-state index in [2.05, 4.69) is 10.1 Å². The molecule has 4 aromatic rings. The van der Waals surface area contributed by atoms with E-state index in [9.17, 15) is 23.1 Å². The summed E-state index contributed by atoms with van der Waals surface area (Å²) >= 11 is 1.48. The quantitative estimate of drug-likeness (QED) is 0.245. The molecule has 0 radical (unpaired) electrons. The first-order chi connectivity index (χ1) is 20.2. The summed E-state index contributed by atoms with van der Waals surface area (Å²) in [5, 5.41) is 14.2. The molecule has 2 saturated heterocycles. The van der Waals surface area contributed by atoms with Crippen molar-refractivity contribution < 1.29 is 37.1 Å². The van der Waals surface area contributed by atoms with E-state index >= 15 is 0 Å². The van der Waals surface area contributed by atoms with Gasteiger partial charge >= 0.3 is 12.1 Å². The van der Waals surface area contributed by atoms with Crippen LogP contribution in [0.2, 0.25) is 0 Å². The maximum Gasteiger partial charge on any atom is 0.417 e. The van der Waals surface area contributed by atoms with Crippen LogP contribution in [0.15, 0.2) is 47.0 Å². The van der Waals surface area contributed by atoms with Gasteiger partial charge in [-0.25, -0.2) is 9.78 Å². The SMILES string of the molecule is O=C(O)c1ccc2nc(N3CCC4(CC3)CC(OCc3c(-c5ccccc5C(F)(F)F)noc3C3CC3)CO4)sc2c1. The second-order valence-corrected chi connectivity index (χ2v) is 12.3. The average molecular weight is 600 g/mol. The number of nitrogens with zero attached hydrogens (tertiary/aromatic N) is 3. The molecule has 3 fully saturated rings. The van der Waals surface area contributed by atoms with Gasteiger partial charge in [0.05, 0.1) is 46.3 Å². The molecule has 1 N–H and O–H groups in total. The molecule has 12 heteroatoms. The van der Waals surface area contributed by atoms with Crippen molar-refractivity contribution in [3.8, 4) is 11.3 Å². The smallest absolute Gasteiger partial charge is 0.417 e. The van der Waals surface area contributed by atoms with Crippen molar-refractivity contribution in [2.75, 3.05) is 24.6 Å². The lowest BCUT2D eigenvalue weighted by atomic mass is 9.88. The van der Waals surface area contributed by atoms with Crippen LogP contribution in [-0.4, -0.2) is 52.6 Å². The molecule has 0 amide bonds. The minimum atomic E-state index is -4.51. The molecule has 2 aliphatic heterocycles. The van der Waals surface area contributed by atoms with Gasteiger partial charge in [-0.15, -0.1) is 0 Å². The molecule has 2 aromatic heterocycles. The number of ether oxygens (including phenoxy) is 2. The van der Waals surface area contributed by atoms with E-state index in [1.807, 2.05) is 0 Å². The number of piperidine rings is 1. The van der Waals surface area contributed by atoms with Crippen LogP contribution >= 0.6 is 11.3 Å². The molecule has 1 aliphatic carbocycles. The predicted molar refractivity (Wildman–Crippen MR) is 149 cm³/mol. The molecule has 3 aliphatic rings. The Labute approximate surface area is 243 Å². The highest BCUT2D eigenvalue weighted by Gasteiger charge is 2.44. The Kier molecular flexibility index (Phi) is 6.74. The number of carboxylic acid groups (broad SMARTS) is 1. The van der Waals surface area contributed by atoms with E-state index < -0.39 is 17.7 Å². The van der Waals surface area contributed by atoms with E-state index in [4.69, 9.17) is 19.0 Å². The number of benzene rings is 2. The molecule has 2 aromatic carbocycles. The lowest BCUT2D eigenvalue weighted by molar-refractivity contribution is -0.137. The highest BCUT2D eigenvalue weighted by atomic mass is 32.1. The molecule has 8 nitrogen and oxygen atoms in total. The van der Waals surface area contributed by atoms with Crippen molar-refractivity contribution in [2.24, 2.45) is 0 Å². The number of rotatable bonds is 7. The standard InChI is InChI=1S/C30H28F3N3O5S/c31-30(32,33)22-4-2-1-3-20(22)25-21(26(41-35-25)17-5-6-17)16-39-19-14-29(40-15-19)9-11-36(12-10-29)28-34-23-8-7-18(27(37)38)13-24(23)42-28/h1-4,7-8,13,17,19H,5-6,9-12,14-16H2,(H,37,38). The summed E-state index contributed by atoms with van der Waals surface area (Å²) in [6.07, 6.45) is -0.598. The fourth-order valence-corrected chi connectivity index (χ4v) is 7.08. The van der Waals surface area contributed by atoms with Crippen LogP contribution in [0.25, 0.3) is 21.5 Å². The number of anilines is 1. The Morgan fingerprint density at radius 2 is 1.95 bits per heavy atom. The van der Waals surface area contributed by atoms with E-state index in [-0.39, 0.29) is 41.1 Å². The third kappa shape index (κ3) is 5.16. The number of thiazole rings is 1. The first-order valence-electron chi connectivity index (χ1n) is 14.0. The van der Waals surface area contributed by atoms with Crippen LogP contribution in [0.3, 0.4) is 0 Å². The summed E-state index contributed by atoms with van der Waals surface area (Å²) in [5.74, 6) is -0.177. The van der Waals surface area contributed by atoms with Crippen molar-refractivity contribution in [2.45, 2.75) is 62.5 Å². The van der Waals surface area contributed by atoms with Gasteiger partial charge in [0.1, 0.15) is 11.5 Å². The third-order valence-electron chi connectivity index (χ3n) is 8.46. The van der Waals surface area contributed by atoms with Crippen LogP contribution in [0.4, 0.5) is 18.3 Å². The van der Waals surface area contributed by atoms with Gasteiger partial charge in [-0.1, -0.05) is 34.7 Å². The zero-order chi connectivity index (χ0) is 29.1. The van der Waals surface area contributed by atoms with Gasteiger partial charge in [0.25, 0.3) is 0 Å². The number of hydrogen-bond donors (Lipinski definition) is 1. The maximum absolute atomic E-state index is 13.8. The summed E-state index contributed by atoms with van der Waals surface area (Å²) < 4.78 is 60.3. The van der Waals surface area contributed by atoms with Crippen molar-refractivity contribution in [3.05, 3.63) is 64.9 Å². The van der Waals surface area contributed by atoms with Crippen molar-refractivity contribution in [3.63, 3.8) is 0 Å². The van der Waals surface area contributed by atoms with E-state index in [1.165, 1.54) is 23.5 Å². The number of alkyl halides is 3. The molecule has 1 atom stereocenters. The highest BCUT2D eigenvalue weighted by Crippen LogP contribution is 2.46. The van der Waals surface area contributed by atoms with Crippen molar-refractivity contribution in [1.82, 2.24) is 10.1 Å². The fourth-order valence-electron chi connectivity index (χ4n) is 6.02. The predicted octanol–water partition coefficient (Wildman–Crippen LogP) is 6.89. The lowest BCUT2D eigenvalue weighted by Crippen LogP contribution is -2.44. The Hall–Kier alpha value is -3.48. The van der Waals surface area contributed by atoms with Crippen molar-refractivity contribution >= 4 is 32.7 Å². The normalized spacial score (nSPS) is 20.5. The largest absolute Gasteiger partial charge is 0.478 e. The Balaban J connectivity index is 1.02. The number of carboxylic acids is 1. The first-order valence-corrected chi connectivity index (χ1v) is 14.8. The lowest BCUT2D eigenvalue weighted by Gasteiger charge is -2.38. The van der Waals surface area contributed by atoms with Gasteiger partial charge < -0.3 is 24.0 Å². The topological polar surface area (TPSA) is 97.9 Å². The van der Waals surface area contributed by atoms with Gasteiger partial charge in [0, 0.05) is 36.6 Å². The van der Waals surface area contributed by atoms with Crippen LogP contribution in [0.1, 0.15) is 65.3 Å². The molecular weight excluding hydrogens is 571 g/mol. The Bertz CT molecular complexity index is 1640. The summed E-state index contributed by atoms with van der Waals surface area (Å²) in [4.78, 5) is 18.2. The van der Waals surface area contributed by atoms with Gasteiger partial charge in [-0.2, -0.15) is 13.2 Å². The molecule has 0 bridgehead atoms. The zero-order valence-electron chi connectivity index (χ0n) is 22.5. The molecule has 1 saturated carbocycles. The molecule has 1 spiro atoms. The molecule has 220 valence electrons. The monoisotopic (exact) mass is 599 g/mol. The Morgan fingerprint density at radius 3 is 2.69 bits per heavy atom. The highest BCUT2D eigenvalue weighted by molar-refractivity contribution is 7.22. The van der Waals surface area contributed by atoms with E-state index in [0.29, 0.717) is 24.4 Å². The number of carbonyl (C=O) groups is 1. The number of aromatic nitrogens is 2. The summed E-state index contributed by atoms with van der Waals surface area (Å²) in [5.41, 5.74) is 0.737. The van der Waals surface area contributed by atoms with Gasteiger partial charge in [-0.05, 0) is 49.9 Å². The second-order valence-electron chi connectivity index (χ2n) is 11.3. The van der Waals surface area contributed by atoms with Crippen LogP contribution in [-0.2, 0) is 22.3 Å². The fraction of sp³-hybridized carbons (Fsp3) is 0.433. The van der Waals surface area contributed by atoms with Gasteiger partial charge in [0.15, 0.2) is 5.13 Å². The zero-order valence-corrected chi connectivity index (χ0v) is 23.3. The van der Waals surface area contributed by atoms with Crippen LogP contribution < -0.4 is 4.90 Å². The van der Waals surface area contributed by atoms with Gasteiger partial charge in [-0.3, -0.25) is 0 Å². The van der Waals surface area contributed by atoms with Gasteiger partial charge in [0.2, 0.25) is 0 Å². The summed E-state index contributed by atoms with van der Waals surface area (Å²) in [7, 11) is 0. The first kappa shape index (κ1) is 27.4. The number of halogens is 3. The number of fused-ring (bicyclic) bond motifs is 1. The van der Waals surface area contributed by atoms with E-state index in [0.717, 1.165) is 60.2 Å². The molecule has 42 heavy (non-hydrogen) atoms. The molecular formula is C30H28F3N3O5S. The third-order valence-corrected chi connectivity index (χ3v) is 9.54. The maximum atomic E-state index is 13.8. The minimum Gasteiger partial charge on any atom is -0.478 e. The molecule has 7 rings (SSSR count). The van der Waals surface area contributed by atoms with Crippen LogP contribution in [0, 0.1) is 0 Å². The summed E-state index contributed by atoms with van der Waals surface area (Å²) in [6.45, 7) is 2.01. The number of aromatic carboxylic acids is 1. The molecule has 4 heterocycles. The molecule has 1 unspecified atom stereocenters. The average Bonchev–Trinajstić information content (AvgIpc) is 3.40. The van der Waals surface area contributed by atoms with Crippen molar-refractivity contribution in [1.29, 1.82) is 0 Å². The van der Waals surface area contributed by atoms with E-state index in [1.54, 1.807) is 24.3 Å². The Morgan fingerprint density at radius 1 is 1.17 bits per heavy atom. The van der Waals surface area contributed by atoms with Crippen LogP contribution in [0.5, 0.6) is 0 Å². The summed E-state index contributed by atoms with van der Waals surface area (Å²) in [6, 6.07) is 10.4.